The summed E-state index contributed by atoms with van der Waals surface area (Å²) in [5, 5.41) is 20.9. The van der Waals surface area contributed by atoms with Crippen molar-refractivity contribution in [1.29, 1.82) is 5.41 Å². The number of nitrogens with one attached hydrogen (secondary N) is 2. The molecule has 146 valence electrons. The first-order valence-electron chi connectivity index (χ1n) is 9.12. The Morgan fingerprint density at radius 2 is 1.90 bits per heavy atom. The lowest BCUT2D eigenvalue weighted by molar-refractivity contribution is 0.0948. The Bertz CT molecular complexity index is 1330. The number of carbonyl (C=O) groups is 1. The summed E-state index contributed by atoms with van der Waals surface area (Å²) < 4.78 is 2.78. The van der Waals surface area contributed by atoms with Crippen molar-refractivity contribution in [3.63, 3.8) is 0 Å². The fraction of sp³-hybridized carbons (Fsp3) is 0.143. The molecule has 4 aromatic rings. The highest BCUT2D eigenvalue weighted by atomic mass is 16.3. The summed E-state index contributed by atoms with van der Waals surface area (Å²) in [6.45, 7) is 0.0905. The number of benzene rings is 1. The van der Waals surface area contributed by atoms with E-state index in [9.17, 15) is 14.7 Å². The Morgan fingerprint density at radius 3 is 2.66 bits per heavy atom. The van der Waals surface area contributed by atoms with E-state index < -0.39 is 5.91 Å². The molecule has 8 nitrogen and oxygen atoms in total. The van der Waals surface area contributed by atoms with Gasteiger partial charge in [-0.3, -0.25) is 19.4 Å². The van der Waals surface area contributed by atoms with E-state index in [1.807, 2.05) is 30.3 Å². The first-order chi connectivity index (χ1) is 14.1. The van der Waals surface area contributed by atoms with Crippen LogP contribution < -0.4 is 16.4 Å². The first kappa shape index (κ1) is 18.6. The molecule has 0 saturated heterocycles. The summed E-state index contributed by atoms with van der Waals surface area (Å²) >= 11 is 0. The molecule has 0 aliphatic carbocycles. The van der Waals surface area contributed by atoms with Crippen LogP contribution in [0.25, 0.3) is 16.7 Å². The molecule has 0 fully saturated rings. The third-order valence-corrected chi connectivity index (χ3v) is 4.68. The van der Waals surface area contributed by atoms with Gasteiger partial charge in [-0.15, -0.1) is 0 Å². The Morgan fingerprint density at radius 1 is 1.14 bits per heavy atom. The van der Waals surface area contributed by atoms with Gasteiger partial charge in [0.05, 0.1) is 17.6 Å². The Hall–Kier alpha value is -3.78. The maximum Gasteiger partial charge on any atom is 0.267 e. The van der Waals surface area contributed by atoms with E-state index in [1.54, 1.807) is 24.4 Å². The van der Waals surface area contributed by atoms with Gasteiger partial charge in [-0.2, -0.15) is 0 Å². The van der Waals surface area contributed by atoms with Gasteiger partial charge in [0.1, 0.15) is 16.8 Å². The Labute approximate surface area is 165 Å². The first-order valence-corrected chi connectivity index (χ1v) is 9.12. The highest BCUT2D eigenvalue weighted by molar-refractivity contribution is 5.96. The second-order valence-electron chi connectivity index (χ2n) is 6.53. The van der Waals surface area contributed by atoms with Crippen molar-refractivity contribution >= 4 is 22.6 Å². The minimum Gasteiger partial charge on any atom is -0.395 e. The third-order valence-electron chi connectivity index (χ3n) is 4.68. The van der Waals surface area contributed by atoms with Crippen LogP contribution in [-0.2, 0) is 13.1 Å². The molecule has 0 atom stereocenters. The smallest absolute Gasteiger partial charge is 0.267 e. The van der Waals surface area contributed by atoms with E-state index in [0.29, 0.717) is 12.2 Å². The molecule has 0 radical (unpaired) electrons. The molecule has 0 unspecified atom stereocenters. The zero-order valence-corrected chi connectivity index (χ0v) is 15.5. The van der Waals surface area contributed by atoms with E-state index in [1.165, 1.54) is 15.0 Å². The molecule has 29 heavy (non-hydrogen) atoms. The lowest BCUT2D eigenvalue weighted by Gasteiger charge is -2.14. The van der Waals surface area contributed by atoms with Crippen molar-refractivity contribution in [3.8, 4) is 0 Å². The predicted molar refractivity (Wildman–Crippen MR) is 108 cm³/mol. The van der Waals surface area contributed by atoms with E-state index in [-0.39, 0.29) is 40.8 Å². The molecule has 0 saturated carbocycles. The number of hydrogen-bond donors (Lipinski definition) is 3. The molecule has 0 aliphatic rings. The van der Waals surface area contributed by atoms with Crippen molar-refractivity contribution in [2.24, 2.45) is 0 Å². The SMILES string of the molecule is N=c1c(C(=O)NCc2ccccc2)cc2c(=O)n3ccccc3nc2n1CCO. The molecule has 0 bridgehead atoms. The van der Waals surface area contributed by atoms with Gasteiger partial charge in [-0.05, 0) is 23.8 Å². The van der Waals surface area contributed by atoms with Gasteiger partial charge in [-0.25, -0.2) is 4.98 Å². The van der Waals surface area contributed by atoms with E-state index >= 15 is 0 Å². The summed E-state index contributed by atoms with van der Waals surface area (Å²) in [4.78, 5) is 30.2. The third kappa shape index (κ3) is 3.41. The van der Waals surface area contributed by atoms with Crippen molar-refractivity contribution < 1.29 is 9.90 Å². The van der Waals surface area contributed by atoms with Gasteiger partial charge in [0.25, 0.3) is 11.5 Å². The van der Waals surface area contributed by atoms with Gasteiger partial charge in [-0.1, -0.05) is 36.4 Å². The van der Waals surface area contributed by atoms with Crippen molar-refractivity contribution in [1.82, 2.24) is 19.3 Å². The zero-order chi connectivity index (χ0) is 20.4. The van der Waals surface area contributed by atoms with E-state index in [0.717, 1.165) is 5.56 Å². The van der Waals surface area contributed by atoms with Gasteiger partial charge in [0.2, 0.25) is 0 Å². The minimum atomic E-state index is -0.468. The number of aromatic nitrogens is 3. The molecule has 3 heterocycles. The lowest BCUT2D eigenvalue weighted by Crippen LogP contribution is -2.35. The van der Waals surface area contributed by atoms with Crippen LogP contribution in [0.4, 0.5) is 0 Å². The number of carbonyl (C=O) groups excluding carboxylic acids is 1. The molecule has 8 heteroatoms. The molecular weight excluding hydrogens is 370 g/mol. The van der Waals surface area contributed by atoms with Crippen molar-refractivity contribution in [2.75, 3.05) is 6.61 Å². The van der Waals surface area contributed by atoms with Crippen LogP contribution in [0.2, 0.25) is 0 Å². The van der Waals surface area contributed by atoms with Crippen LogP contribution >= 0.6 is 0 Å². The summed E-state index contributed by atoms with van der Waals surface area (Å²) in [7, 11) is 0. The molecule has 4 rings (SSSR count). The fourth-order valence-corrected chi connectivity index (χ4v) is 3.25. The van der Waals surface area contributed by atoms with Gasteiger partial charge in [0.15, 0.2) is 0 Å². The Kier molecular flexibility index (Phi) is 4.92. The number of amides is 1. The fourth-order valence-electron chi connectivity index (χ4n) is 3.25. The number of rotatable bonds is 5. The highest BCUT2D eigenvalue weighted by Gasteiger charge is 2.17. The summed E-state index contributed by atoms with van der Waals surface area (Å²) in [6, 6.07) is 16.0. The standard InChI is InChI=1S/C21H19N5O3/c22-18-15(20(28)23-13-14-6-2-1-3-7-14)12-16-19(26(18)10-11-27)24-17-8-4-5-9-25(17)21(16)29/h1-9,12,22,27H,10-11,13H2,(H,23,28). The number of aliphatic hydroxyl groups excluding tert-OH is 1. The van der Waals surface area contributed by atoms with Crippen molar-refractivity contribution in [2.45, 2.75) is 13.1 Å². The lowest BCUT2D eigenvalue weighted by atomic mass is 10.1. The summed E-state index contributed by atoms with van der Waals surface area (Å²) in [6.07, 6.45) is 1.60. The van der Waals surface area contributed by atoms with Crippen molar-refractivity contribution in [3.05, 3.63) is 87.8 Å². The van der Waals surface area contributed by atoms with Crippen LogP contribution in [0, 0.1) is 5.41 Å². The zero-order valence-electron chi connectivity index (χ0n) is 15.5. The molecular formula is C21H19N5O3. The number of aliphatic hydroxyl groups is 1. The maximum absolute atomic E-state index is 13.0. The van der Waals surface area contributed by atoms with Gasteiger partial charge < -0.3 is 15.0 Å². The predicted octanol–water partition coefficient (Wildman–Crippen LogP) is 1.05. The normalized spacial score (nSPS) is 11.1. The minimum absolute atomic E-state index is 0.0462. The molecule has 0 aliphatic heterocycles. The largest absolute Gasteiger partial charge is 0.395 e. The number of nitrogens with zero attached hydrogens (tertiary/aromatic N) is 3. The second kappa shape index (κ2) is 7.69. The Balaban J connectivity index is 1.86. The summed E-state index contributed by atoms with van der Waals surface area (Å²) in [5.74, 6) is -0.468. The number of pyridine rings is 2. The number of hydrogen-bond acceptors (Lipinski definition) is 5. The second-order valence-corrected chi connectivity index (χ2v) is 6.53. The van der Waals surface area contributed by atoms with Crippen LogP contribution in [0.3, 0.4) is 0 Å². The molecule has 3 aromatic heterocycles. The van der Waals surface area contributed by atoms with E-state index in [2.05, 4.69) is 10.3 Å². The van der Waals surface area contributed by atoms with Crippen LogP contribution in [0.5, 0.6) is 0 Å². The molecule has 0 spiro atoms. The molecule has 1 aromatic carbocycles. The van der Waals surface area contributed by atoms with Crippen LogP contribution in [0.15, 0.2) is 65.6 Å². The van der Waals surface area contributed by atoms with Crippen LogP contribution in [0.1, 0.15) is 15.9 Å². The quantitative estimate of drug-likeness (QED) is 0.443. The van der Waals surface area contributed by atoms with Crippen LogP contribution in [-0.4, -0.2) is 31.6 Å². The average molecular weight is 389 g/mol. The average Bonchev–Trinajstić information content (AvgIpc) is 2.75. The molecule has 3 N–H and O–H groups in total. The van der Waals surface area contributed by atoms with Gasteiger partial charge >= 0.3 is 0 Å². The van der Waals surface area contributed by atoms with E-state index in [4.69, 9.17) is 5.41 Å². The molecule has 1 amide bonds. The maximum atomic E-state index is 13.0. The number of fused-ring (bicyclic) bond motifs is 2. The summed E-state index contributed by atoms with van der Waals surface area (Å²) in [5.41, 5.74) is 1.22. The highest BCUT2D eigenvalue weighted by Crippen LogP contribution is 2.10. The monoisotopic (exact) mass is 389 g/mol. The van der Waals surface area contributed by atoms with Gasteiger partial charge in [0, 0.05) is 19.3 Å². The topological polar surface area (TPSA) is 112 Å².